The maximum absolute atomic E-state index is 13.2. The first-order valence-electron chi connectivity index (χ1n) is 10.2. The molecule has 0 aliphatic carbocycles. The molecule has 6 nitrogen and oxygen atoms in total. The van der Waals surface area contributed by atoms with Gasteiger partial charge in [-0.3, -0.25) is 4.90 Å². The van der Waals surface area contributed by atoms with Crippen molar-refractivity contribution in [2.45, 2.75) is 26.4 Å². The van der Waals surface area contributed by atoms with Crippen molar-refractivity contribution in [3.8, 4) is 0 Å². The van der Waals surface area contributed by atoms with Gasteiger partial charge in [0, 0.05) is 31.9 Å². The van der Waals surface area contributed by atoms with Gasteiger partial charge in [-0.2, -0.15) is 0 Å². The average molecular weight is 394 g/mol. The van der Waals surface area contributed by atoms with Crippen molar-refractivity contribution in [1.29, 1.82) is 0 Å². The van der Waals surface area contributed by atoms with E-state index < -0.39 is 0 Å². The van der Waals surface area contributed by atoms with Gasteiger partial charge in [0.2, 0.25) is 0 Å². The predicted molar refractivity (Wildman–Crippen MR) is 111 cm³/mol. The summed E-state index contributed by atoms with van der Waals surface area (Å²) in [4.78, 5) is 4.78. The van der Waals surface area contributed by atoms with Gasteiger partial charge in [0.25, 0.3) is 0 Å². The summed E-state index contributed by atoms with van der Waals surface area (Å²) in [5, 5.41) is 12.6. The van der Waals surface area contributed by atoms with Crippen molar-refractivity contribution >= 4 is 5.69 Å². The van der Waals surface area contributed by atoms with Crippen LogP contribution in [0.25, 0.3) is 0 Å². The highest BCUT2D eigenvalue weighted by Crippen LogP contribution is 2.29. The van der Waals surface area contributed by atoms with E-state index in [-0.39, 0.29) is 11.9 Å². The molecule has 7 heteroatoms. The molecule has 152 valence electrons. The summed E-state index contributed by atoms with van der Waals surface area (Å²) < 4.78 is 15.1. The van der Waals surface area contributed by atoms with Crippen LogP contribution in [-0.2, 0) is 6.54 Å². The van der Waals surface area contributed by atoms with Crippen LogP contribution in [0.5, 0.6) is 0 Å². The second-order valence-electron chi connectivity index (χ2n) is 7.87. The van der Waals surface area contributed by atoms with Crippen molar-refractivity contribution in [2.24, 2.45) is 5.92 Å². The van der Waals surface area contributed by atoms with Crippen LogP contribution in [0.15, 0.2) is 54.6 Å². The quantitative estimate of drug-likeness (QED) is 0.642. The minimum atomic E-state index is -0.197. The number of piperazine rings is 1. The molecule has 2 heterocycles. The molecular formula is C22H27FN6. The van der Waals surface area contributed by atoms with Crippen LogP contribution < -0.4 is 4.90 Å². The van der Waals surface area contributed by atoms with Gasteiger partial charge in [-0.15, -0.1) is 5.10 Å². The van der Waals surface area contributed by atoms with Gasteiger partial charge in [0.05, 0.1) is 12.6 Å². The van der Waals surface area contributed by atoms with Crippen LogP contribution in [0.1, 0.15) is 31.3 Å². The molecule has 4 rings (SSSR count). The third-order valence-electron chi connectivity index (χ3n) is 5.53. The number of hydrogen-bond acceptors (Lipinski definition) is 5. The fourth-order valence-electron chi connectivity index (χ4n) is 4.09. The first kappa shape index (κ1) is 19.5. The Kier molecular flexibility index (Phi) is 5.85. The maximum Gasteiger partial charge on any atom is 0.169 e. The second-order valence-corrected chi connectivity index (χ2v) is 7.87. The SMILES string of the molecule is CC(C)[C@@H](c1nnnn1Cc1ccccc1)N1CCN(c2ccc(F)cc2)CC1. The largest absolute Gasteiger partial charge is 0.369 e. The highest BCUT2D eigenvalue weighted by Gasteiger charge is 2.31. The van der Waals surface area contributed by atoms with Crippen molar-refractivity contribution < 1.29 is 4.39 Å². The second kappa shape index (κ2) is 8.69. The number of halogens is 1. The van der Waals surface area contributed by atoms with Crippen molar-refractivity contribution in [3.05, 3.63) is 71.8 Å². The van der Waals surface area contributed by atoms with Gasteiger partial charge in [0.15, 0.2) is 5.82 Å². The number of rotatable bonds is 6. The van der Waals surface area contributed by atoms with E-state index in [4.69, 9.17) is 0 Å². The zero-order valence-corrected chi connectivity index (χ0v) is 16.9. The van der Waals surface area contributed by atoms with E-state index in [1.165, 1.54) is 17.7 Å². The summed E-state index contributed by atoms with van der Waals surface area (Å²) in [5.74, 6) is 1.10. The lowest BCUT2D eigenvalue weighted by Crippen LogP contribution is -2.49. The molecule has 1 aromatic heterocycles. The Labute approximate surface area is 170 Å². The van der Waals surface area contributed by atoms with Crippen molar-refractivity contribution in [3.63, 3.8) is 0 Å². The normalized spacial score (nSPS) is 16.3. The third-order valence-corrected chi connectivity index (χ3v) is 5.53. The molecular weight excluding hydrogens is 367 g/mol. The third kappa shape index (κ3) is 4.45. The van der Waals surface area contributed by atoms with Crippen molar-refractivity contribution in [2.75, 3.05) is 31.1 Å². The molecule has 0 radical (unpaired) electrons. The van der Waals surface area contributed by atoms with Gasteiger partial charge in [-0.1, -0.05) is 44.2 Å². The molecule has 1 atom stereocenters. The van der Waals surface area contributed by atoms with Gasteiger partial charge < -0.3 is 4.90 Å². The monoisotopic (exact) mass is 394 g/mol. The van der Waals surface area contributed by atoms with Gasteiger partial charge in [0.1, 0.15) is 5.82 Å². The van der Waals surface area contributed by atoms with E-state index in [1.807, 2.05) is 35.0 Å². The van der Waals surface area contributed by atoms with E-state index in [9.17, 15) is 4.39 Å². The fraction of sp³-hybridized carbons (Fsp3) is 0.409. The summed E-state index contributed by atoms with van der Waals surface area (Å²) in [6, 6.07) is 17.2. The lowest BCUT2D eigenvalue weighted by atomic mass is 10.0. The van der Waals surface area contributed by atoms with E-state index in [1.54, 1.807) is 0 Å². The molecule has 0 amide bonds. The minimum absolute atomic E-state index is 0.157. The van der Waals surface area contributed by atoms with Crippen LogP contribution in [0.4, 0.5) is 10.1 Å². The number of aromatic nitrogens is 4. The number of anilines is 1. The molecule has 3 aromatic rings. The van der Waals surface area contributed by atoms with E-state index in [2.05, 4.69) is 51.3 Å². The standard InChI is InChI=1S/C22H27FN6/c1-17(2)21(22-24-25-26-29(22)16-18-6-4-3-5-7-18)28-14-12-27(13-15-28)20-10-8-19(23)9-11-20/h3-11,17,21H,12-16H2,1-2H3/t21-/m0/s1. The molecule has 2 aromatic carbocycles. The molecule has 1 aliphatic heterocycles. The topological polar surface area (TPSA) is 50.1 Å². The lowest BCUT2D eigenvalue weighted by molar-refractivity contribution is 0.135. The van der Waals surface area contributed by atoms with E-state index in [0.717, 1.165) is 37.7 Å². The Bertz CT molecular complexity index is 901. The van der Waals surface area contributed by atoms with Crippen molar-refractivity contribution in [1.82, 2.24) is 25.1 Å². The summed E-state index contributed by atoms with van der Waals surface area (Å²) in [5.41, 5.74) is 2.26. The number of benzene rings is 2. The predicted octanol–water partition coefficient (Wildman–Crippen LogP) is 3.38. The van der Waals surface area contributed by atoms with E-state index >= 15 is 0 Å². The minimum Gasteiger partial charge on any atom is -0.369 e. The van der Waals surface area contributed by atoms with Crippen LogP contribution in [0, 0.1) is 11.7 Å². The van der Waals surface area contributed by atoms with Gasteiger partial charge in [-0.25, -0.2) is 9.07 Å². The molecule has 1 saturated heterocycles. The van der Waals surface area contributed by atoms with Crippen LogP contribution in [0.2, 0.25) is 0 Å². The molecule has 29 heavy (non-hydrogen) atoms. The van der Waals surface area contributed by atoms with Crippen LogP contribution in [-0.4, -0.2) is 51.3 Å². The van der Waals surface area contributed by atoms with Crippen LogP contribution >= 0.6 is 0 Å². The molecule has 0 N–H and O–H groups in total. The smallest absolute Gasteiger partial charge is 0.169 e. The van der Waals surface area contributed by atoms with Gasteiger partial charge in [-0.05, 0) is 46.2 Å². The molecule has 0 spiro atoms. The zero-order valence-electron chi connectivity index (χ0n) is 16.9. The zero-order chi connectivity index (χ0) is 20.2. The Balaban J connectivity index is 1.48. The number of tetrazole rings is 1. The first-order valence-corrected chi connectivity index (χ1v) is 10.2. The Morgan fingerprint density at radius 3 is 2.28 bits per heavy atom. The fourth-order valence-corrected chi connectivity index (χ4v) is 4.09. The number of hydrogen-bond donors (Lipinski definition) is 0. The lowest BCUT2D eigenvalue weighted by Gasteiger charge is -2.41. The van der Waals surface area contributed by atoms with Gasteiger partial charge >= 0.3 is 0 Å². The number of nitrogens with zero attached hydrogens (tertiary/aromatic N) is 6. The maximum atomic E-state index is 13.2. The highest BCUT2D eigenvalue weighted by molar-refractivity contribution is 5.46. The molecule has 0 saturated carbocycles. The Morgan fingerprint density at radius 1 is 0.931 bits per heavy atom. The highest BCUT2D eigenvalue weighted by atomic mass is 19.1. The summed E-state index contributed by atoms with van der Waals surface area (Å²) in [6.45, 7) is 8.74. The molecule has 0 unspecified atom stereocenters. The summed E-state index contributed by atoms with van der Waals surface area (Å²) in [6.07, 6.45) is 0. The van der Waals surface area contributed by atoms with E-state index in [0.29, 0.717) is 12.5 Å². The Morgan fingerprint density at radius 2 is 1.62 bits per heavy atom. The summed E-state index contributed by atoms with van der Waals surface area (Å²) >= 11 is 0. The average Bonchev–Trinajstić information content (AvgIpc) is 3.17. The molecule has 1 aliphatic rings. The molecule has 1 fully saturated rings. The molecule has 0 bridgehead atoms. The van der Waals surface area contributed by atoms with Crippen LogP contribution in [0.3, 0.4) is 0 Å². The summed E-state index contributed by atoms with van der Waals surface area (Å²) in [7, 11) is 0. The Hall–Kier alpha value is -2.80. The first-order chi connectivity index (χ1) is 14.1.